The standard InChI is InChI=1S/C41H43F2N9O4/c1-30(31-5-3-2-4-6-31)45-17-18-52-40(53)51(29-47-52)35-10-8-33(9-11-35)48-19-21-49(22-20-48)34-12-14-36(15-13-34)54-24-37-25-55-41(56-37,26-50-28-44-27-46-50)38-16-7-32(42)23-39(38)43/h2-16,23,27-30,37,45H,17-22,24-26H2,1H3/t30?,37-,41-/m1/s1. The number of hydrogen-bond donors (Lipinski definition) is 1. The second kappa shape index (κ2) is 16.5. The summed E-state index contributed by atoms with van der Waals surface area (Å²) >= 11 is 0. The Bertz CT molecular complexity index is 2240. The topological polar surface area (TPSA) is 117 Å². The Morgan fingerprint density at radius 2 is 1.57 bits per heavy atom. The third-order valence-corrected chi connectivity index (χ3v) is 10.3. The van der Waals surface area contributed by atoms with Gasteiger partial charge >= 0.3 is 5.69 Å². The van der Waals surface area contributed by atoms with Gasteiger partial charge in [-0.1, -0.05) is 30.3 Å². The lowest BCUT2D eigenvalue weighted by atomic mass is 10.0. The molecule has 2 aliphatic heterocycles. The van der Waals surface area contributed by atoms with E-state index in [1.54, 1.807) is 10.9 Å². The van der Waals surface area contributed by atoms with E-state index >= 15 is 0 Å². The van der Waals surface area contributed by atoms with E-state index in [1.165, 1.54) is 39.7 Å². The zero-order valence-corrected chi connectivity index (χ0v) is 31.0. The third-order valence-electron chi connectivity index (χ3n) is 10.3. The summed E-state index contributed by atoms with van der Waals surface area (Å²) in [5.74, 6) is -2.31. The average Bonchev–Trinajstić information content (AvgIpc) is 3.99. The van der Waals surface area contributed by atoms with Gasteiger partial charge in [0.05, 0.1) is 18.8 Å². The van der Waals surface area contributed by atoms with Crippen LogP contribution in [0.5, 0.6) is 5.75 Å². The minimum Gasteiger partial charge on any atom is -0.491 e. The molecule has 2 aliphatic rings. The second-order valence-corrected chi connectivity index (χ2v) is 13.9. The van der Waals surface area contributed by atoms with Gasteiger partial charge in [0.1, 0.15) is 55.6 Å². The van der Waals surface area contributed by atoms with Crippen molar-refractivity contribution in [3.05, 3.63) is 149 Å². The first kappa shape index (κ1) is 37.0. The molecule has 6 aromatic rings. The predicted octanol–water partition coefficient (Wildman–Crippen LogP) is 4.93. The lowest BCUT2D eigenvalue weighted by Crippen LogP contribution is -2.46. The van der Waals surface area contributed by atoms with Gasteiger partial charge in [0.15, 0.2) is 0 Å². The lowest BCUT2D eigenvalue weighted by molar-refractivity contribution is -0.192. The van der Waals surface area contributed by atoms with Crippen LogP contribution >= 0.6 is 0 Å². The Hall–Kier alpha value is -5.90. The van der Waals surface area contributed by atoms with Crippen LogP contribution in [0, 0.1) is 11.6 Å². The first-order valence-electron chi connectivity index (χ1n) is 18.7. The molecule has 0 radical (unpaired) electrons. The fourth-order valence-corrected chi connectivity index (χ4v) is 7.19. The molecule has 0 spiro atoms. The van der Waals surface area contributed by atoms with Crippen molar-refractivity contribution >= 4 is 11.4 Å². The fraction of sp³-hybridized carbons (Fsp3) is 0.317. The molecule has 56 heavy (non-hydrogen) atoms. The molecule has 2 fully saturated rings. The first-order chi connectivity index (χ1) is 27.3. The van der Waals surface area contributed by atoms with Gasteiger partial charge in [-0.05, 0) is 73.2 Å². The molecule has 8 rings (SSSR count). The third kappa shape index (κ3) is 8.20. The fourth-order valence-electron chi connectivity index (χ4n) is 7.19. The van der Waals surface area contributed by atoms with Crippen LogP contribution in [0.2, 0.25) is 0 Å². The molecule has 0 saturated carbocycles. The van der Waals surface area contributed by atoms with Crippen LogP contribution in [-0.4, -0.2) is 81.2 Å². The molecule has 1 N–H and O–H groups in total. The summed E-state index contributed by atoms with van der Waals surface area (Å²) < 4.78 is 51.5. The summed E-state index contributed by atoms with van der Waals surface area (Å²) in [4.78, 5) is 21.7. The SMILES string of the molecule is CC(NCCn1ncn(-c2ccc(N3CCN(c4ccc(OC[C@@H]5CO[C@@](Cn6cncn6)(c6ccc(F)cc6F)O5)cc4)CC3)cc2)c1=O)c1ccccc1. The van der Waals surface area contributed by atoms with E-state index in [2.05, 4.69) is 61.5 Å². The Morgan fingerprint density at radius 3 is 2.25 bits per heavy atom. The van der Waals surface area contributed by atoms with Gasteiger partial charge in [-0.25, -0.2) is 32.5 Å². The molecule has 13 nitrogen and oxygen atoms in total. The monoisotopic (exact) mass is 763 g/mol. The number of anilines is 2. The number of rotatable bonds is 14. The van der Waals surface area contributed by atoms with Crippen molar-refractivity contribution < 1.29 is 23.0 Å². The van der Waals surface area contributed by atoms with Crippen LogP contribution in [0.4, 0.5) is 20.2 Å². The first-order valence-corrected chi connectivity index (χ1v) is 18.7. The van der Waals surface area contributed by atoms with Gasteiger partial charge in [-0.2, -0.15) is 10.2 Å². The van der Waals surface area contributed by atoms with E-state index in [4.69, 9.17) is 14.2 Å². The largest absolute Gasteiger partial charge is 0.491 e. The average molecular weight is 764 g/mol. The Kier molecular flexibility index (Phi) is 10.9. The number of halogens is 2. The number of benzene rings is 4. The quantitative estimate of drug-likeness (QED) is 0.164. The van der Waals surface area contributed by atoms with E-state index in [9.17, 15) is 13.6 Å². The van der Waals surface area contributed by atoms with E-state index < -0.39 is 23.5 Å². The van der Waals surface area contributed by atoms with Gasteiger partial charge < -0.3 is 29.3 Å². The maximum atomic E-state index is 14.9. The van der Waals surface area contributed by atoms with E-state index in [1.807, 2.05) is 54.6 Å². The van der Waals surface area contributed by atoms with Gasteiger partial charge in [0.25, 0.3) is 0 Å². The van der Waals surface area contributed by atoms with Crippen molar-refractivity contribution in [2.24, 2.45) is 0 Å². The molecule has 0 amide bonds. The van der Waals surface area contributed by atoms with Crippen molar-refractivity contribution in [2.45, 2.75) is 37.9 Å². The van der Waals surface area contributed by atoms with Crippen LogP contribution < -0.4 is 25.5 Å². The van der Waals surface area contributed by atoms with E-state index in [-0.39, 0.29) is 37.1 Å². The van der Waals surface area contributed by atoms with Crippen LogP contribution in [0.15, 0.2) is 121 Å². The molecule has 0 bridgehead atoms. The van der Waals surface area contributed by atoms with Crippen molar-refractivity contribution in [1.29, 1.82) is 0 Å². The van der Waals surface area contributed by atoms with Crippen LogP contribution in [0.3, 0.4) is 0 Å². The summed E-state index contributed by atoms with van der Waals surface area (Å²) in [6.07, 6.45) is 3.92. The molecule has 0 aliphatic carbocycles. The van der Waals surface area contributed by atoms with Crippen molar-refractivity contribution in [3.8, 4) is 11.4 Å². The second-order valence-electron chi connectivity index (χ2n) is 13.9. The van der Waals surface area contributed by atoms with Crippen LogP contribution in [0.25, 0.3) is 5.69 Å². The van der Waals surface area contributed by atoms with Crippen LogP contribution in [0.1, 0.15) is 24.1 Å². The summed E-state index contributed by atoms with van der Waals surface area (Å²) in [6, 6.07) is 29.6. The highest BCUT2D eigenvalue weighted by Crippen LogP contribution is 2.38. The number of aromatic nitrogens is 6. The Labute approximate surface area is 322 Å². The number of ether oxygens (including phenoxy) is 3. The van der Waals surface area contributed by atoms with Gasteiger partial charge in [0.2, 0.25) is 5.79 Å². The summed E-state index contributed by atoms with van der Waals surface area (Å²) in [5.41, 5.74) is 4.07. The molecular formula is C41H43F2N9O4. The zero-order chi connectivity index (χ0) is 38.5. The highest BCUT2D eigenvalue weighted by molar-refractivity contribution is 5.54. The summed E-state index contributed by atoms with van der Waals surface area (Å²) in [7, 11) is 0. The van der Waals surface area contributed by atoms with Crippen LogP contribution in [-0.2, 0) is 28.4 Å². The van der Waals surface area contributed by atoms with Gasteiger partial charge in [-0.15, -0.1) is 0 Å². The number of hydrogen-bond acceptors (Lipinski definition) is 10. The van der Waals surface area contributed by atoms with Crippen molar-refractivity contribution in [1.82, 2.24) is 34.4 Å². The van der Waals surface area contributed by atoms with Gasteiger partial charge in [0, 0.05) is 61.8 Å². The van der Waals surface area contributed by atoms with Crippen molar-refractivity contribution in [3.63, 3.8) is 0 Å². The highest BCUT2D eigenvalue weighted by Gasteiger charge is 2.46. The minimum absolute atomic E-state index is 0.0291. The minimum atomic E-state index is -1.52. The lowest BCUT2D eigenvalue weighted by Gasteiger charge is -2.37. The zero-order valence-electron chi connectivity index (χ0n) is 31.0. The Balaban J connectivity index is 0.810. The predicted molar refractivity (Wildman–Crippen MR) is 206 cm³/mol. The Morgan fingerprint density at radius 1 is 0.875 bits per heavy atom. The molecule has 290 valence electrons. The molecule has 2 saturated heterocycles. The number of piperazine rings is 1. The van der Waals surface area contributed by atoms with Crippen molar-refractivity contribution in [2.75, 3.05) is 55.7 Å². The number of nitrogens with one attached hydrogen (secondary N) is 1. The number of nitrogens with zero attached hydrogens (tertiary/aromatic N) is 8. The normalized spacial score (nSPS) is 19.0. The molecular weight excluding hydrogens is 721 g/mol. The molecule has 15 heteroatoms. The van der Waals surface area contributed by atoms with Gasteiger partial charge in [-0.3, -0.25) is 0 Å². The smallest absolute Gasteiger partial charge is 0.350 e. The summed E-state index contributed by atoms with van der Waals surface area (Å²) in [6.45, 7) is 6.91. The molecule has 2 aromatic heterocycles. The molecule has 4 heterocycles. The van der Waals surface area contributed by atoms with E-state index in [0.717, 1.165) is 49.3 Å². The summed E-state index contributed by atoms with van der Waals surface area (Å²) in [5, 5.41) is 11.9. The maximum Gasteiger partial charge on any atom is 0.350 e. The molecule has 1 unspecified atom stereocenters. The highest BCUT2D eigenvalue weighted by atomic mass is 19.1. The molecule has 3 atom stereocenters. The molecule has 4 aromatic carbocycles. The van der Waals surface area contributed by atoms with E-state index in [0.29, 0.717) is 18.8 Å². The maximum absolute atomic E-state index is 14.9.